The third-order valence-electron chi connectivity index (χ3n) is 3.54. The Morgan fingerprint density at radius 1 is 1.36 bits per heavy atom. The average Bonchev–Trinajstić information content (AvgIpc) is 3.30. The van der Waals surface area contributed by atoms with Gasteiger partial charge in [0, 0.05) is 24.4 Å². The van der Waals surface area contributed by atoms with Crippen molar-refractivity contribution in [2.24, 2.45) is 5.16 Å². The Morgan fingerprint density at radius 3 is 3.16 bits per heavy atom. The van der Waals surface area contributed by atoms with Gasteiger partial charge in [-0.25, -0.2) is 9.97 Å². The summed E-state index contributed by atoms with van der Waals surface area (Å²) in [6.07, 6.45) is 6.81. The highest BCUT2D eigenvalue weighted by Gasteiger charge is 2.26. The second-order valence-electron chi connectivity index (χ2n) is 5.40. The molecule has 3 aromatic rings. The lowest BCUT2D eigenvalue weighted by molar-refractivity contribution is 0.142. The molecule has 3 aromatic heterocycles. The number of nitrogens with zero attached hydrogens (tertiary/aromatic N) is 4. The standard InChI is InChI=1S/C17H16N4O3S/c1-2-7-23-21-12-5-8-22-17-14(12)20-15(24-17)13-10-19-16(25-13)11-4-3-6-18-9-11/h3-4,6,9-10H,2,5,7-8H2,1H3. The molecule has 0 aliphatic carbocycles. The van der Waals surface area contributed by atoms with Gasteiger partial charge in [-0.2, -0.15) is 0 Å². The van der Waals surface area contributed by atoms with E-state index >= 15 is 0 Å². The van der Waals surface area contributed by atoms with E-state index in [1.165, 1.54) is 11.3 Å². The van der Waals surface area contributed by atoms with Gasteiger partial charge in [-0.1, -0.05) is 12.1 Å². The average molecular weight is 356 g/mol. The fourth-order valence-corrected chi connectivity index (χ4v) is 3.18. The predicted molar refractivity (Wildman–Crippen MR) is 93.7 cm³/mol. The van der Waals surface area contributed by atoms with E-state index in [2.05, 4.69) is 20.1 Å². The summed E-state index contributed by atoms with van der Waals surface area (Å²) < 4.78 is 11.3. The Kier molecular flexibility index (Phi) is 4.43. The third-order valence-corrected chi connectivity index (χ3v) is 4.57. The van der Waals surface area contributed by atoms with Crippen molar-refractivity contribution < 1.29 is 14.0 Å². The van der Waals surface area contributed by atoms with Crippen LogP contribution >= 0.6 is 11.3 Å². The molecule has 0 bridgehead atoms. The van der Waals surface area contributed by atoms with Crippen molar-refractivity contribution in [3.8, 4) is 27.3 Å². The molecule has 4 heterocycles. The molecule has 4 rings (SSSR count). The van der Waals surface area contributed by atoms with E-state index in [1.54, 1.807) is 18.6 Å². The Hall–Kier alpha value is -2.74. The second-order valence-corrected chi connectivity index (χ2v) is 6.43. The van der Waals surface area contributed by atoms with E-state index in [0.29, 0.717) is 37.2 Å². The van der Waals surface area contributed by atoms with Crippen molar-refractivity contribution in [1.82, 2.24) is 15.0 Å². The molecule has 128 valence electrons. The molecular weight excluding hydrogens is 340 g/mol. The topological polar surface area (TPSA) is 82.6 Å². The van der Waals surface area contributed by atoms with E-state index in [-0.39, 0.29) is 0 Å². The number of aromatic nitrogens is 3. The minimum absolute atomic E-state index is 0.386. The molecule has 0 N–H and O–H groups in total. The van der Waals surface area contributed by atoms with Crippen molar-refractivity contribution in [3.05, 3.63) is 36.4 Å². The first-order valence-corrected chi connectivity index (χ1v) is 8.86. The summed E-state index contributed by atoms with van der Waals surface area (Å²) in [5.41, 5.74) is 2.32. The first kappa shape index (κ1) is 15.8. The molecule has 0 saturated carbocycles. The summed E-state index contributed by atoms with van der Waals surface area (Å²) in [5, 5.41) is 5.03. The molecule has 0 unspecified atom stereocenters. The first-order valence-electron chi connectivity index (χ1n) is 8.04. The van der Waals surface area contributed by atoms with E-state index in [9.17, 15) is 0 Å². The number of oxime groups is 1. The van der Waals surface area contributed by atoms with Crippen molar-refractivity contribution in [1.29, 1.82) is 0 Å². The van der Waals surface area contributed by atoms with Crippen LogP contribution in [0, 0.1) is 0 Å². The minimum Gasteiger partial charge on any atom is -0.463 e. The monoisotopic (exact) mass is 356 g/mol. The molecule has 0 spiro atoms. The number of pyridine rings is 1. The van der Waals surface area contributed by atoms with E-state index in [4.69, 9.17) is 14.0 Å². The highest BCUT2D eigenvalue weighted by atomic mass is 32.1. The zero-order chi connectivity index (χ0) is 17.1. The summed E-state index contributed by atoms with van der Waals surface area (Å²) in [7, 11) is 0. The SMILES string of the molecule is CCCON=C1CCOc2oc(-c3cnc(-c4cccnc4)s3)nc21. The molecule has 0 atom stereocenters. The van der Waals surface area contributed by atoms with Crippen molar-refractivity contribution in [2.75, 3.05) is 13.2 Å². The number of ether oxygens (including phenoxy) is 1. The normalized spacial score (nSPS) is 15.0. The highest BCUT2D eigenvalue weighted by molar-refractivity contribution is 7.18. The van der Waals surface area contributed by atoms with Gasteiger partial charge in [0.1, 0.15) is 22.2 Å². The third kappa shape index (κ3) is 3.25. The van der Waals surface area contributed by atoms with Crippen molar-refractivity contribution in [3.63, 3.8) is 0 Å². The van der Waals surface area contributed by atoms with Crippen LogP contribution in [0.15, 0.2) is 40.3 Å². The number of oxazole rings is 1. The van der Waals surface area contributed by atoms with Crippen LogP contribution in [0.25, 0.3) is 21.3 Å². The van der Waals surface area contributed by atoms with E-state index in [0.717, 1.165) is 27.6 Å². The maximum atomic E-state index is 5.76. The summed E-state index contributed by atoms with van der Waals surface area (Å²) >= 11 is 1.49. The first-order chi connectivity index (χ1) is 12.3. The number of rotatable bonds is 5. The lowest BCUT2D eigenvalue weighted by Crippen LogP contribution is -2.16. The molecule has 7 nitrogen and oxygen atoms in total. The summed E-state index contributed by atoms with van der Waals surface area (Å²) in [6.45, 7) is 3.11. The van der Waals surface area contributed by atoms with Gasteiger partial charge in [0.05, 0.1) is 12.8 Å². The minimum atomic E-state index is 0.386. The van der Waals surface area contributed by atoms with Gasteiger partial charge in [-0.3, -0.25) is 4.98 Å². The van der Waals surface area contributed by atoms with Gasteiger partial charge in [-0.15, -0.1) is 11.3 Å². The highest BCUT2D eigenvalue weighted by Crippen LogP contribution is 2.35. The molecule has 25 heavy (non-hydrogen) atoms. The van der Waals surface area contributed by atoms with Gasteiger partial charge in [-0.05, 0) is 18.6 Å². The van der Waals surface area contributed by atoms with Crippen LogP contribution in [0.5, 0.6) is 5.95 Å². The molecule has 0 radical (unpaired) electrons. The molecule has 0 saturated heterocycles. The maximum Gasteiger partial charge on any atom is 0.315 e. The summed E-state index contributed by atoms with van der Waals surface area (Å²) in [6, 6.07) is 3.85. The number of thiazole rings is 1. The lowest BCUT2D eigenvalue weighted by atomic mass is 10.2. The smallest absolute Gasteiger partial charge is 0.315 e. The predicted octanol–water partition coefficient (Wildman–Crippen LogP) is 3.77. The van der Waals surface area contributed by atoms with Crippen LogP contribution in [0.3, 0.4) is 0 Å². The lowest BCUT2D eigenvalue weighted by Gasteiger charge is -2.11. The van der Waals surface area contributed by atoms with Gasteiger partial charge < -0.3 is 14.0 Å². The Labute approximate surface area is 148 Å². The van der Waals surface area contributed by atoms with E-state index < -0.39 is 0 Å². The van der Waals surface area contributed by atoms with Gasteiger partial charge >= 0.3 is 5.95 Å². The molecule has 0 fully saturated rings. The Morgan fingerprint density at radius 2 is 2.32 bits per heavy atom. The second kappa shape index (κ2) is 7.02. The van der Waals surface area contributed by atoms with Crippen LogP contribution in [-0.2, 0) is 4.84 Å². The van der Waals surface area contributed by atoms with Gasteiger partial charge in [0.25, 0.3) is 0 Å². The number of fused-ring (bicyclic) bond motifs is 1. The molecule has 0 amide bonds. The molecule has 1 aliphatic rings. The zero-order valence-electron chi connectivity index (χ0n) is 13.6. The maximum absolute atomic E-state index is 5.76. The van der Waals surface area contributed by atoms with Crippen molar-refractivity contribution >= 4 is 17.0 Å². The molecule has 1 aliphatic heterocycles. The van der Waals surface area contributed by atoms with Crippen molar-refractivity contribution in [2.45, 2.75) is 19.8 Å². The zero-order valence-corrected chi connectivity index (χ0v) is 14.5. The summed E-state index contributed by atoms with van der Waals surface area (Å²) in [4.78, 5) is 19.2. The fraction of sp³-hybridized carbons (Fsp3) is 0.294. The fourth-order valence-electron chi connectivity index (χ4n) is 2.35. The van der Waals surface area contributed by atoms with Crippen LogP contribution in [-0.4, -0.2) is 33.9 Å². The molecular formula is C17H16N4O3S. The molecule has 8 heteroatoms. The van der Waals surface area contributed by atoms with Crippen LogP contribution in [0.1, 0.15) is 25.5 Å². The van der Waals surface area contributed by atoms with Gasteiger partial charge in [0.2, 0.25) is 5.89 Å². The number of hydrogen-bond acceptors (Lipinski definition) is 8. The van der Waals surface area contributed by atoms with Crippen LogP contribution < -0.4 is 4.74 Å². The van der Waals surface area contributed by atoms with E-state index in [1.807, 2.05) is 19.1 Å². The van der Waals surface area contributed by atoms with Crippen LogP contribution in [0.4, 0.5) is 0 Å². The van der Waals surface area contributed by atoms with Gasteiger partial charge in [0.15, 0.2) is 5.69 Å². The largest absolute Gasteiger partial charge is 0.463 e. The molecule has 0 aromatic carbocycles. The quantitative estimate of drug-likeness (QED) is 0.511. The number of hydrogen-bond donors (Lipinski definition) is 0. The Bertz CT molecular complexity index is 888. The Balaban J connectivity index is 1.63. The van der Waals surface area contributed by atoms with Crippen LogP contribution in [0.2, 0.25) is 0 Å². The summed E-state index contributed by atoms with van der Waals surface area (Å²) in [5.74, 6) is 0.860.